The molecule has 1 N–H and O–H groups in total. The lowest BCUT2D eigenvalue weighted by atomic mass is 9.85. The number of ether oxygens (including phenoxy) is 1. The van der Waals surface area contributed by atoms with E-state index >= 15 is 0 Å². The molecule has 6 nitrogen and oxygen atoms in total. The van der Waals surface area contributed by atoms with E-state index in [2.05, 4.69) is 21.2 Å². The minimum Gasteiger partial charge on any atom is -0.468 e. The number of nitro groups is 1. The van der Waals surface area contributed by atoms with Crippen molar-refractivity contribution in [2.75, 3.05) is 7.11 Å². The van der Waals surface area contributed by atoms with Crippen LogP contribution in [0.15, 0.2) is 59.1 Å². The number of nitrogens with zero attached hydrogens (tertiary/aromatic N) is 1. The van der Waals surface area contributed by atoms with E-state index in [4.69, 9.17) is 4.74 Å². The molecule has 0 bridgehead atoms. The first-order chi connectivity index (χ1) is 12.0. The molecular weight excluding hydrogens is 388 g/mol. The zero-order valence-electron chi connectivity index (χ0n) is 13.5. The zero-order valence-corrected chi connectivity index (χ0v) is 15.0. The number of carbonyl (C=O) groups is 1. The standard InChI is InChI=1S/C18H17BrN2O4/c1-25-18(22)16-14(12-9-5-6-10-13(12)19)17(21(23)24)15(20-16)11-7-3-2-4-8-11/h2-10,14-17,20H,1H3/t14-,15-,16+,17+/m1/s1. The van der Waals surface area contributed by atoms with E-state index in [1.165, 1.54) is 7.11 Å². The second-order valence-corrected chi connectivity index (χ2v) is 6.73. The molecule has 0 aromatic heterocycles. The van der Waals surface area contributed by atoms with Crippen LogP contribution in [0.2, 0.25) is 0 Å². The minimum atomic E-state index is -0.995. The quantitative estimate of drug-likeness (QED) is 0.481. The average Bonchev–Trinajstić information content (AvgIpc) is 3.03. The van der Waals surface area contributed by atoms with Crippen LogP contribution in [-0.4, -0.2) is 30.1 Å². The van der Waals surface area contributed by atoms with Crippen LogP contribution < -0.4 is 5.32 Å². The lowest BCUT2D eigenvalue weighted by molar-refractivity contribution is -0.527. The summed E-state index contributed by atoms with van der Waals surface area (Å²) >= 11 is 3.46. The monoisotopic (exact) mass is 404 g/mol. The van der Waals surface area contributed by atoms with Crippen LogP contribution in [0, 0.1) is 10.1 Å². The Morgan fingerprint density at radius 2 is 1.80 bits per heavy atom. The van der Waals surface area contributed by atoms with Crippen LogP contribution in [0.1, 0.15) is 23.1 Å². The Morgan fingerprint density at radius 1 is 1.16 bits per heavy atom. The predicted molar refractivity (Wildman–Crippen MR) is 95.8 cm³/mol. The van der Waals surface area contributed by atoms with Crippen molar-refractivity contribution < 1.29 is 14.5 Å². The molecule has 0 amide bonds. The number of carbonyl (C=O) groups excluding carboxylic acids is 1. The number of hydrogen-bond acceptors (Lipinski definition) is 5. The van der Waals surface area contributed by atoms with Gasteiger partial charge in [-0.15, -0.1) is 0 Å². The van der Waals surface area contributed by atoms with Gasteiger partial charge in [-0.25, -0.2) is 0 Å². The Balaban J connectivity index is 2.12. The highest BCUT2D eigenvalue weighted by atomic mass is 79.9. The van der Waals surface area contributed by atoms with E-state index in [1.54, 1.807) is 12.1 Å². The third-order valence-corrected chi connectivity index (χ3v) is 5.27. The van der Waals surface area contributed by atoms with E-state index in [9.17, 15) is 14.9 Å². The summed E-state index contributed by atoms with van der Waals surface area (Å²) < 4.78 is 5.63. The van der Waals surface area contributed by atoms with Crippen molar-refractivity contribution in [2.45, 2.75) is 24.0 Å². The predicted octanol–water partition coefficient (Wildman–Crippen LogP) is 3.06. The third-order valence-electron chi connectivity index (χ3n) is 4.55. The number of hydrogen-bond donors (Lipinski definition) is 1. The van der Waals surface area contributed by atoms with Gasteiger partial charge >= 0.3 is 5.97 Å². The maximum absolute atomic E-state index is 12.3. The summed E-state index contributed by atoms with van der Waals surface area (Å²) in [7, 11) is 1.29. The number of nitrogens with one attached hydrogen (secondary N) is 1. The molecule has 0 unspecified atom stereocenters. The minimum absolute atomic E-state index is 0.308. The summed E-state index contributed by atoms with van der Waals surface area (Å²) in [5.74, 6) is -1.16. The van der Waals surface area contributed by atoms with Gasteiger partial charge in [0.15, 0.2) is 0 Å². The largest absolute Gasteiger partial charge is 0.468 e. The first kappa shape index (κ1) is 17.6. The molecule has 1 aliphatic rings. The number of methoxy groups -OCH3 is 1. The molecule has 0 spiro atoms. The fourth-order valence-electron chi connectivity index (χ4n) is 3.46. The van der Waals surface area contributed by atoms with Gasteiger partial charge in [-0.1, -0.05) is 64.5 Å². The number of halogens is 1. The summed E-state index contributed by atoms with van der Waals surface area (Å²) in [6.45, 7) is 0. The first-order valence-electron chi connectivity index (χ1n) is 7.81. The molecule has 0 radical (unpaired) electrons. The normalized spacial score (nSPS) is 25.5. The summed E-state index contributed by atoms with van der Waals surface area (Å²) in [5.41, 5.74) is 1.48. The Kier molecular flexibility index (Phi) is 5.15. The van der Waals surface area contributed by atoms with Crippen LogP contribution in [-0.2, 0) is 9.53 Å². The highest BCUT2D eigenvalue weighted by Crippen LogP contribution is 2.42. The summed E-state index contributed by atoms with van der Waals surface area (Å²) in [6.07, 6.45) is 0. The van der Waals surface area contributed by atoms with Gasteiger partial charge in [0.2, 0.25) is 6.04 Å². The van der Waals surface area contributed by atoms with Crippen LogP contribution >= 0.6 is 15.9 Å². The second kappa shape index (κ2) is 7.33. The van der Waals surface area contributed by atoms with Gasteiger partial charge < -0.3 is 4.74 Å². The van der Waals surface area contributed by atoms with Crippen LogP contribution in [0.25, 0.3) is 0 Å². The van der Waals surface area contributed by atoms with E-state index in [0.29, 0.717) is 5.56 Å². The third kappa shape index (κ3) is 3.29. The molecule has 1 saturated heterocycles. The van der Waals surface area contributed by atoms with E-state index in [-0.39, 0.29) is 4.92 Å². The molecule has 7 heteroatoms. The molecule has 25 heavy (non-hydrogen) atoms. The van der Waals surface area contributed by atoms with Crippen molar-refractivity contribution in [3.05, 3.63) is 80.3 Å². The lowest BCUT2D eigenvalue weighted by Gasteiger charge is -2.20. The molecule has 2 aromatic rings. The average molecular weight is 405 g/mol. The Hall–Kier alpha value is -2.25. The fraction of sp³-hybridized carbons (Fsp3) is 0.278. The van der Waals surface area contributed by atoms with Crippen molar-refractivity contribution in [3.63, 3.8) is 0 Å². The van der Waals surface area contributed by atoms with Gasteiger partial charge in [0.05, 0.1) is 13.0 Å². The van der Waals surface area contributed by atoms with Crippen molar-refractivity contribution >= 4 is 21.9 Å². The van der Waals surface area contributed by atoms with E-state index < -0.39 is 30.0 Å². The molecule has 3 rings (SSSR count). The molecule has 2 aromatic carbocycles. The SMILES string of the molecule is COC(=O)[C@H]1N[C@H](c2ccccc2)[C@@H]([N+](=O)[O-])[C@@H]1c1ccccc1Br. The van der Waals surface area contributed by atoms with Crippen LogP contribution in [0.5, 0.6) is 0 Å². The lowest BCUT2D eigenvalue weighted by Crippen LogP contribution is -2.37. The number of benzene rings is 2. The summed E-state index contributed by atoms with van der Waals surface area (Å²) in [5, 5.41) is 15.1. The van der Waals surface area contributed by atoms with Crippen molar-refractivity contribution in [3.8, 4) is 0 Å². The van der Waals surface area contributed by atoms with Crippen LogP contribution in [0.3, 0.4) is 0 Å². The van der Waals surface area contributed by atoms with Crippen molar-refractivity contribution in [1.29, 1.82) is 0 Å². The maximum atomic E-state index is 12.3. The van der Waals surface area contributed by atoms with E-state index in [1.807, 2.05) is 42.5 Å². The van der Waals surface area contributed by atoms with Gasteiger partial charge in [-0.3, -0.25) is 20.2 Å². The van der Waals surface area contributed by atoms with Gasteiger partial charge in [0, 0.05) is 9.40 Å². The zero-order chi connectivity index (χ0) is 18.0. The molecule has 4 atom stereocenters. The summed E-state index contributed by atoms with van der Waals surface area (Å²) in [6, 6.07) is 14.0. The first-order valence-corrected chi connectivity index (χ1v) is 8.60. The second-order valence-electron chi connectivity index (χ2n) is 5.88. The van der Waals surface area contributed by atoms with Gasteiger partial charge in [-0.05, 0) is 17.2 Å². The van der Waals surface area contributed by atoms with E-state index in [0.717, 1.165) is 10.0 Å². The summed E-state index contributed by atoms with van der Waals surface area (Å²) in [4.78, 5) is 24.0. The highest BCUT2D eigenvalue weighted by molar-refractivity contribution is 9.10. The molecular formula is C18H17BrN2O4. The molecule has 0 aliphatic carbocycles. The van der Waals surface area contributed by atoms with Crippen molar-refractivity contribution in [2.24, 2.45) is 0 Å². The molecule has 1 fully saturated rings. The van der Waals surface area contributed by atoms with Gasteiger partial charge in [-0.2, -0.15) is 0 Å². The molecule has 1 aliphatic heterocycles. The van der Waals surface area contributed by atoms with Gasteiger partial charge in [0.1, 0.15) is 12.1 Å². The number of esters is 1. The fourth-order valence-corrected chi connectivity index (χ4v) is 4.01. The molecule has 0 saturated carbocycles. The Morgan fingerprint density at radius 3 is 2.40 bits per heavy atom. The number of rotatable bonds is 4. The van der Waals surface area contributed by atoms with Crippen molar-refractivity contribution in [1.82, 2.24) is 5.32 Å². The Labute approximate surface area is 153 Å². The maximum Gasteiger partial charge on any atom is 0.323 e. The highest BCUT2D eigenvalue weighted by Gasteiger charge is 2.55. The smallest absolute Gasteiger partial charge is 0.323 e. The van der Waals surface area contributed by atoms with Crippen LogP contribution in [0.4, 0.5) is 0 Å². The Bertz CT molecular complexity index is 784. The van der Waals surface area contributed by atoms with Gasteiger partial charge in [0.25, 0.3) is 0 Å². The molecule has 1 heterocycles. The molecule has 130 valence electrons. The topological polar surface area (TPSA) is 81.5 Å².